The van der Waals surface area contributed by atoms with Crippen LogP contribution in [0.5, 0.6) is 0 Å². The first kappa shape index (κ1) is 13.7. The maximum atomic E-state index is 12.4. The first-order valence-corrected chi connectivity index (χ1v) is 7.04. The summed E-state index contributed by atoms with van der Waals surface area (Å²) in [6.07, 6.45) is 4.15. The molecule has 3 heterocycles. The highest BCUT2D eigenvalue weighted by Crippen LogP contribution is 2.36. The highest BCUT2D eigenvalue weighted by atomic mass is 16.6. The Kier molecular flexibility index (Phi) is 3.82. The molecule has 3 rings (SSSR count). The van der Waals surface area contributed by atoms with Gasteiger partial charge in [-0.15, -0.1) is 5.10 Å². The van der Waals surface area contributed by atoms with Gasteiger partial charge in [0.1, 0.15) is 6.54 Å². The number of ketones is 1. The Bertz CT molecular complexity index is 482. The van der Waals surface area contributed by atoms with Gasteiger partial charge in [-0.05, 0) is 12.8 Å². The van der Waals surface area contributed by atoms with E-state index in [2.05, 4.69) is 10.3 Å². The van der Waals surface area contributed by atoms with Gasteiger partial charge in [0.2, 0.25) is 0 Å². The van der Waals surface area contributed by atoms with Crippen LogP contribution in [-0.4, -0.2) is 46.2 Å². The first-order chi connectivity index (χ1) is 9.71. The molecule has 0 bridgehead atoms. The van der Waals surface area contributed by atoms with E-state index in [9.17, 15) is 4.79 Å². The average molecular weight is 280 g/mol. The maximum absolute atomic E-state index is 12.4. The largest absolute Gasteiger partial charge is 0.378 e. The number of carbonyl (C=O) groups excluding carboxylic acids is 1. The lowest BCUT2D eigenvalue weighted by Crippen LogP contribution is -2.43. The van der Waals surface area contributed by atoms with Crippen LogP contribution in [0.25, 0.3) is 0 Å². The van der Waals surface area contributed by atoms with Crippen LogP contribution < -0.4 is 5.73 Å². The molecular weight excluding hydrogens is 260 g/mol. The minimum atomic E-state index is -0.233. The van der Waals surface area contributed by atoms with Gasteiger partial charge in [-0.2, -0.15) is 0 Å². The summed E-state index contributed by atoms with van der Waals surface area (Å²) < 4.78 is 12.8. The van der Waals surface area contributed by atoms with Crippen molar-refractivity contribution in [3.8, 4) is 0 Å². The fourth-order valence-electron chi connectivity index (χ4n) is 2.96. The van der Waals surface area contributed by atoms with Gasteiger partial charge in [0.25, 0.3) is 0 Å². The number of ether oxygens (including phenoxy) is 2. The first-order valence-electron chi connectivity index (χ1n) is 7.04. The van der Waals surface area contributed by atoms with E-state index in [1.54, 1.807) is 10.9 Å². The third-order valence-corrected chi connectivity index (χ3v) is 4.13. The van der Waals surface area contributed by atoms with Crippen LogP contribution in [0.15, 0.2) is 6.20 Å². The van der Waals surface area contributed by atoms with Crippen molar-refractivity contribution in [3.63, 3.8) is 0 Å². The number of nitrogens with two attached hydrogens (primary N) is 1. The molecule has 2 aliphatic rings. The zero-order chi connectivity index (χ0) is 14.0. The van der Waals surface area contributed by atoms with Gasteiger partial charge in [-0.3, -0.25) is 4.79 Å². The summed E-state index contributed by atoms with van der Waals surface area (Å²) in [7, 11) is 0. The Balaban J connectivity index is 1.61. The van der Waals surface area contributed by atoms with Crippen LogP contribution in [0.1, 0.15) is 25.0 Å². The Hall–Kier alpha value is -1.31. The molecule has 2 aliphatic heterocycles. The third kappa shape index (κ3) is 2.74. The molecular formula is C13H20N4O3. The van der Waals surface area contributed by atoms with E-state index >= 15 is 0 Å². The van der Waals surface area contributed by atoms with E-state index in [4.69, 9.17) is 15.2 Å². The fourth-order valence-corrected chi connectivity index (χ4v) is 2.96. The molecule has 0 aliphatic carbocycles. The van der Waals surface area contributed by atoms with Crippen LogP contribution in [0, 0.1) is 5.92 Å². The predicted octanol–water partition coefficient (Wildman–Crippen LogP) is -0.108. The van der Waals surface area contributed by atoms with Crippen molar-refractivity contribution in [2.24, 2.45) is 11.7 Å². The van der Waals surface area contributed by atoms with Crippen molar-refractivity contribution in [2.75, 3.05) is 19.8 Å². The summed E-state index contributed by atoms with van der Waals surface area (Å²) in [4.78, 5) is 12.4. The zero-order valence-corrected chi connectivity index (χ0v) is 11.5. The number of nitrogens with zero attached hydrogens (tertiary/aromatic N) is 3. The second-order valence-corrected chi connectivity index (χ2v) is 5.60. The SMILES string of the molecule is NCc1cn(CC(=O)C2CCOC3(CCOC3)C2)nn1. The smallest absolute Gasteiger partial charge is 0.157 e. The number of rotatable bonds is 4. The van der Waals surface area contributed by atoms with E-state index in [0.29, 0.717) is 25.5 Å². The lowest BCUT2D eigenvalue weighted by atomic mass is 9.83. The molecule has 1 aromatic heterocycles. The van der Waals surface area contributed by atoms with Gasteiger partial charge < -0.3 is 15.2 Å². The topological polar surface area (TPSA) is 92.3 Å². The molecule has 0 amide bonds. The fraction of sp³-hybridized carbons (Fsp3) is 0.769. The Labute approximate surface area is 117 Å². The van der Waals surface area contributed by atoms with Crippen molar-refractivity contribution in [3.05, 3.63) is 11.9 Å². The van der Waals surface area contributed by atoms with Crippen LogP contribution >= 0.6 is 0 Å². The molecule has 7 nitrogen and oxygen atoms in total. The molecule has 20 heavy (non-hydrogen) atoms. The second-order valence-electron chi connectivity index (χ2n) is 5.60. The van der Waals surface area contributed by atoms with Crippen molar-refractivity contribution < 1.29 is 14.3 Å². The summed E-state index contributed by atoms with van der Waals surface area (Å²) in [6.45, 7) is 2.56. The highest BCUT2D eigenvalue weighted by Gasteiger charge is 2.42. The molecule has 2 atom stereocenters. The molecule has 2 unspecified atom stereocenters. The van der Waals surface area contributed by atoms with E-state index in [0.717, 1.165) is 25.9 Å². The monoisotopic (exact) mass is 280 g/mol. The Morgan fingerprint density at radius 1 is 1.55 bits per heavy atom. The lowest BCUT2D eigenvalue weighted by Gasteiger charge is -2.36. The van der Waals surface area contributed by atoms with Crippen LogP contribution in [0.3, 0.4) is 0 Å². The number of Topliss-reactive ketones (excluding diaryl/α,β-unsaturated/α-hetero) is 1. The summed E-state index contributed by atoms with van der Waals surface area (Å²) in [5.74, 6) is 0.212. The van der Waals surface area contributed by atoms with Crippen LogP contribution in [0.4, 0.5) is 0 Å². The molecule has 2 saturated heterocycles. The minimum absolute atomic E-state index is 0.0241. The van der Waals surface area contributed by atoms with E-state index < -0.39 is 0 Å². The number of hydrogen-bond donors (Lipinski definition) is 1. The molecule has 0 radical (unpaired) electrons. The molecule has 2 fully saturated rings. The van der Waals surface area contributed by atoms with Gasteiger partial charge in [0, 0.05) is 32.1 Å². The molecule has 0 aromatic carbocycles. The predicted molar refractivity (Wildman–Crippen MR) is 69.8 cm³/mol. The van der Waals surface area contributed by atoms with Gasteiger partial charge in [-0.25, -0.2) is 4.68 Å². The molecule has 0 saturated carbocycles. The number of hydrogen-bond acceptors (Lipinski definition) is 6. The average Bonchev–Trinajstić information content (AvgIpc) is 3.09. The quantitative estimate of drug-likeness (QED) is 0.827. The van der Waals surface area contributed by atoms with Gasteiger partial charge >= 0.3 is 0 Å². The van der Waals surface area contributed by atoms with Crippen LogP contribution in [-0.2, 0) is 27.4 Å². The van der Waals surface area contributed by atoms with Gasteiger partial charge in [0.15, 0.2) is 5.78 Å². The minimum Gasteiger partial charge on any atom is -0.378 e. The second kappa shape index (κ2) is 5.59. The summed E-state index contributed by atoms with van der Waals surface area (Å²) in [5.41, 5.74) is 5.95. The molecule has 1 spiro atoms. The standard InChI is InChI=1S/C13H20N4O3/c14-6-11-7-17(16-15-11)8-12(18)10-1-3-20-13(5-10)2-4-19-9-13/h7,10H,1-6,8-9,14H2. The van der Waals surface area contributed by atoms with Crippen molar-refractivity contribution in [2.45, 2.75) is 38.0 Å². The van der Waals surface area contributed by atoms with Crippen molar-refractivity contribution in [1.29, 1.82) is 0 Å². The molecule has 110 valence electrons. The third-order valence-electron chi connectivity index (χ3n) is 4.13. The number of carbonyl (C=O) groups is 1. The van der Waals surface area contributed by atoms with E-state index in [-0.39, 0.29) is 23.8 Å². The van der Waals surface area contributed by atoms with Crippen LogP contribution in [0.2, 0.25) is 0 Å². The summed E-state index contributed by atoms with van der Waals surface area (Å²) in [5, 5.41) is 7.82. The van der Waals surface area contributed by atoms with Gasteiger partial charge in [-0.1, -0.05) is 5.21 Å². The van der Waals surface area contributed by atoms with E-state index in [1.165, 1.54) is 0 Å². The summed E-state index contributed by atoms with van der Waals surface area (Å²) >= 11 is 0. The molecule has 2 N–H and O–H groups in total. The van der Waals surface area contributed by atoms with E-state index in [1.807, 2.05) is 0 Å². The van der Waals surface area contributed by atoms with Crippen molar-refractivity contribution in [1.82, 2.24) is 15.0 Å². The highest BCUT2D eigenvalue weighted by molar-refractivity contribution is 5.80. The number of aromatic nitrogens is 3. The molecule has 1 aromatic rings. The maximum Gasteiger partial charge on any atom is 0.157 e. The normalized spacial score (nSPS) is 29.9. The van der Waals surface area contributed by atoms with Gasteiger partial charge in [0.05, 0.1) is 24.1 Å². The summed E-state index contributed by atoms with van der Waals surface area (Å²) in [6, 6.07) is 0. The Morgan fingerprint density at radius 3 is 3.15 bits per heavy atom. The van der Waals surface area contributed by atoms with Crippen molar-refractivity contribution >= 4 is 5.78 Å². The molecule has 7 heteroatoms. The Morgan fingerprint density at radius 2 is 2.45 bits per heavy atom. The lowest BCUT2D eigenvalue weighted by molar-refractivity contribution is -0.137. The zero-order valence-electron chi connectivity index (χ0n) is 11.5.